The van der Waals surface area contributed by atoms with Crippen molar-refractivity contribution in [1.82, 2.24) is 15.1 Å². The summed E-state index contributed by atoms with van der Waals surface area (Å²) < 4.78 is 5.89. The highest BCUT2D eigenvalue weighted by Gasteiger charge is 2.38. The summed E-state index contributed by atoms with van der Waals surface area (Å²) in [5, 5.41) is 16.3. The zero-order valence-corrected chi connectivity index (χ0v) is 9.39. The molecular weight excluding hydrogens is 206 g/mol. The van der Waals surface area contributed by atoms with Crippen LogP contribution in [0.4, 0.5) is 0 Å². The van der Waals surface area contributed by atoms with Gasteiger partial charge < -0.3 is 9.84 Å². The topological polar surface area (TPSA) is 61.4 Å². The van der Waals surface area contributed by atoms with Crippen LogP contribution in [-0.2, 0) is 17.6 Å². The molecule has 0 radical (unpaired) electrons. The Bertz CT molecular complexity index is 379. The molecule has 5 nitrogen and oxygen atoms in total. The van der Waals surface area contributed by atoms with Crippen LogP contribution in [0.5, 0.6) is 0 Å². The second-order valence-electron chi connectivity index (χ2n) is 4.75. The SMILES string of the molecule is CN1C[C@H](CO)O[C@@H]2Cc3n[nH]cc3C[C@H]21. The number of aromatic amines is 1. The Balaban J connectivity index is 1.83. The Morgan fingerprint density at radius 2 is 2.50 bits per heavy atom. The smallest absolute Gasteiger partial charge is 0.0936 e. The maximum Gasteiger partial charge on any atom is 0.0936 e. The molecule has 3 atom stereocenters. The van der Waals surface area contributed by atoms with Gasteiger partial charge in [0.1, 0.15) is 0 Å². The van der Waals surface area contributed by atoms with E-state index in [1.807, 2.05) is 6.20 Å². The Labute approximate surface area is 94.4 Å². The van der Waals surface area contributed by atoms with E-state index in [2.05, 4.69) is 22.1 Å². The lowest BCUT2D eigenvalue weighted by molar-refractivity contribution is -0.129. The Kier molecular flexibility index (Phi) is 2.46. The van der Waals surface area contributed by atoms with E-state index >= 15 is 0 Å². The van der Waals surface area contributed by atoms with Gasteiger partial charge in [-0.25, -0.2) is 0 Å². The maximum atomic E-state index is 9.18. The highest BCUT2D eigenvalue weighted by Crippen LogP contribution is 2.28. The molecule has 88 valence electrons. The number of fused-ring (bicyclic) bond motifs is 2. The predicted octanol–water partition coefficient (Wildman–Crippen LogP) is -0.432. The van der Waals surface area contributed by atoms with Gasteiger partial charge in [0.05, 0.1) is 24.5 Å². The standard InChI is InChI=1S/C11H17N3O2/c1-14-5-8(6-15)16-11-3-9-7(2-10(11)14)4-12-13-9/h4,8,10-11,15H,2-3,5-6H2,1H3,(H,12,13)/t8-,10-,11-/m1/s1. The molecule has 0 spiro atoms. The monoisotopic (exact) mass is 223 g/mol. The second-order valence-corrected chi connectivity index (χ2v) is 4.75. The van der Waals surface area contributed by atoms with E-state index in [-0.39, 0.29) is 18.8 Å². The van der Waals surface area contributed by atoms with Crippen molar-refractivity contribution in [2.45, 2.75) is 31.1 Å². The van der Waals surface area contributed by atoms with Crippen molar-refractivity contribution in [3.63, 3.8) is 0 Å². The third-order valence-electron chi connectivity index (χ3n) is 3.69. The predicted molar refractivity (Wildman–Crippen MR) is 58.2 cm³/mol. The first-order chi connectivity index (χ1) is 7.78. The van der Waals surface area contributed by atoms with Crippen LogP contribution in [0, 0.1) is 0 Å². The molecule has 2 N–H and O–H groups in total. The van der Waals surface area contributed by atoms with Crippen molar-refractivity contribution in [1.29, 1.82) is 0 Å². The van der Waals surface area contributed by atoms with Crippen LogP contribution in [0.1, 0.15) is 11.3 Å². The summed E-state index contributed by atoms with van der Waals surface area (Å²) in [6.07, 6.45) is 3.95. The molecule has 0 amide bonds. The molecule has 1 saturated heterocycles. The van der Waals surface area contributed by atoms with Gasteiger partial charge in [0.2, 0.25) is 0 Å². The molecule has 1 aliphatic carbocycles. The quantitative estimate of drug-likeness (QED) is 0.678. The van der Waals surface area contributed by atoms with Gasteiger partial charge in [-0.1, -0.05) is 0 Å². The van der Waals surface area contributed by atoms with Gasteiger partial charge in [0.15, 0.2) is 0 Å². The van der Waals surface area contributed by atoms with Gasteiger partial charge in [-0.05, 0) is 19.0 Å². The fourth-order valence-corrected chi connectivity index (χ4v) is 2.81. The minimum Gasteiger partial charge on any atom is -0.394 e. The number of aromatic nitrogens is 2. The van der Waals surface area contributed by atoms with E-state index in [1.54, 1.807) is 0 Å². The third kappa shape index (κ3) is 1.55. The second kappa shape index (κ2) is 3.84. The Hall–Kier alpha value is -0.910. The fourth-order valence-electron chi connectivity index (χ4n) is 2.81. The molecule has 0 saturated carbocycles. The Morgan fingerprint density at radius 1 is 1.62 bits per heavy atom. The molecular formula is C11H17N3O2. The molecule has 1 aromatic rings. The van der Waals surface area contributed by atoms with Crippen molar-refractivity contribution in [2.75, 3.05) is 20.2 Å². The number of nitrogens with zero attached hydrogens (tertiary/aromatic N) is 2. The van der Waals surface area contributed by atoms with Crippen molar-refractivity contribution in [3.8, 4) is 0 Å². The zero-order chi connectivity index (χ0) is 11.1. The molecule has 2 heterocycles. The van der Waals surface area contributed by atoms with Crippen LogP contribution in [0.15, 0.2) is 6.20 Å². The highest BCUT2D eigenvalue weighted by atomic mass is 16.5. The minimum atomic E-state index is -0.0493. The van der Waals surface area contributed by atoms with Gasteiger partial charge in [0.25, 0.3) is 0 Å². The fraction of sp³-hybridized carbons (Fsp3) is 0.727. The molecule has 3 rings (SSSR count). The molecule has 5 heteroatoms. The normalized spacial score (nSPS) is 34.5. The van der Waals surface area contributed by atoms with Crippen molar-refractivity contribution in [2.24, 2.45) is 0 Å². The van der Waals surface area contributed by atoms with Gasteiger partial charge in [-0.2, -0.15) is 5.10 Å². The van der Waals surface area contributed by atoms with E-state index in [0.29, 0.717) is 6.04 Å². The van der Waals surface area contributed by atoms with E-state index in [4.69, 9.17) is 4.74 Å². The van der Waals surface area contributed by atoms with Crippen LogP contribution in [0.2, 0.25) is 0 Å². The van der Waals surface area contributed by atoms with E-state index in [1.165, 1.54) is 5.56 Å². The summed E-state index contributed by atoms with van der Waals surface area (Å²) in [6.45, 7) is 0.909. The number of rotatable bonds is 1. The number of aliphatic hydroxyl groups excluding tert-OH is 1. The first kappa shape index (κ1) is 10.3. The highest BCUT2D eigenvalue weighted by molar-refractivity contribution is 5.23. The van der Waals surface area contributed by atoms with E-state index < -0.39 is 0 Å². The number of likely N-dealkylation sites (N-methyl/N-ethyl adjacent to an activating group) is 1. The summed E-state index contributed by atoms with van der Waals surface area (Å²) in [5.74, 6) is 0. The number of aliphatic hydroxyl groups is 1. The molecule has 1 fully saturated rings. The Morgan fingerprint density at radius 3 is 3.31 bits per heavy atom. The number of hydrogen-bond donors (Lipinski definition) is 2. The van der Waals surface area contributed by atoms with Gasteiger partial charge in [0, 0.05) is 25.2 Å². The lowest BCUT2D eigenvalue weighted by atomic mass is 9.88. The average molecular weight is 223 g/mol. The van der Waals surface area contributed by atoms with Gasteiger partial charge in [-0.3, -0.25) is 10.00 Å². The molecule has 0 aromatic carbocycles. The number of hydrogen-bond acceptors (Lipinski definition) is 4. The number of ether oxygens (including phenoxy) is 1. The van der Waals surface area contributed by atoms with Crippen LogP contribution in [0.25, 0.3) is 0 Å². The summed E-state index contributed by atoms with van der Waals surface area (Å²) in [4.78, 5) is 2.30. The van der Waals surface area contributed by atoms with Crippen LogP contribution in [0.3, 0.4) is 0 Å². The van der Waals surface area contributed by atoms with Gasteiger partial charge >= 0.3 is 0 Å². The first-order valence-corrected chi connectivity index (χ1v) is 5.76. The summed E-state index contributed by atoms with van der Waals surface area (Å²) in [6, 6.07) is 0.424. The van der Waals surface area contributed by atoms with Crippen LogP contribution in [-0.4, -0.2) is 58.7 Å². The zero-order valence-electron chi connectivity index (χ0n) is 9.39. The van der Waals surface area contributed by atoms with Crippen LogP contribution >= 0.6 is 0 Å². The molecule has 16 heavy (non-hydrogen) atoms. The molecule has 2 aliphatic rings. The van der Waals surface area contributed by atoms with Crippen molar-refractivity contribution in [3.05, 3.63) is 17.5 Å². The third-order valence-corrected chi connectivity index (χ3v) is 3.69. The number of nitrogens with one attached hydrogen (secondary N) is 1. The lowest BCUT2D eigenvalue weighted by Gasteiger charge is -2.44. The summed E-state index contributed by atoms with van der Waals surface area (Å²) >= 11 is 0. The van der Waals surface area contributed by atoms with Crippen molar-refractivity contribution < 1.29 is 9.84 Å². The summed E-state index contributed by atoms with van der Waals surface area (Å²) in [7, 11) is 2.11. The molecule has 1 aromatic heterocycles. The molecule has 0 bridgehead atoms. The first-order valence-electron chi connectivity index (χ1n) is 5.76. The number of morpholine rings is 1. The van der Waals surface area contributed by atoms with Crippen molar-refractivity contribution >= 4 is 0 Å². The average Bonchev–Trinajstić information content (AvgIpc) is 2.73. The minimum absolute atomic E-state index is 0.0493. The van der Waals surface area contributed by atoms with Crippen LogP contribution < -0.4 is 0 Å². The summed E-state index contributed by atoms with van der Waals surface area (Å²) in [5.41, 5.74) is 2.42. The molecule has 1 aliphatic heterocycles. The van der Waals surface area contributed by atoms with Gasteiger partial charge in [-0.15, -0.1) is 0 Å². The van der Waals surface area contributed by atoms with E-state index in [0.717, 1.165) is 25.1 Å². The van der Waals surface area contributed by atoms with E-state index in [9.17, 15) is 5.11 Å². The largest absolute Gasteiger partial charge is 0.394 e. The lowest BCUT2D eigenvalue weighted by Crippen LogP contribution is -2.57. The molecule has 0 unspecified atom stereocenters. The number of H-pyrrole nitrogens is 1. The maximum absolute atomic E-state index is 9.18.